The van der Waals surface area contributed by atoms with Gasteiger partial charge in [-0.3, -0.25) is 14.5 Å². The van der Waals surface area contributed by atoms with Crippen LogP contribution in [0.1, 0.15) is 54.4 Å². The summed E-state index contributed by atoms with van der Waals surface area (Å²) in [6.45, 7) is 16.0. The number of nitrogens with two attached hydrogens (primary N) is 2. The topological polar surface area (TPSA) is 218 Å². The first-order valence-electron chi connectivity index (χ1n) is 16.2. The first-order chi connectivity index (χ1) is 22.3. The van der Waals surface area contributed by atoms with Crippen LogP contribution >= 0.6 is 0 Å². The maximum Gasteiger partial charge on any atom is 0.328 e. The van der Waals surface area contributed by atoms with Crippen molar-refractivity contribution in [1.29, 1.82) is 0 Å². The van der Waals surface area contributed by atoms with Crippen molar-refractivity contribution in [2.45, 2.75) is 72.1 Å². The monoisotopic (exact) mass is 679 g/mol. The molecule has 0 bridgehead atoms. The highest BCUT2D eigenvalue weighted by Crippen LogP contribution is 2.29. The number of aliphatic hydroxyl groups excluding tert-OH is 1. The Labute approximate surface area is 284 Å². The van der Waals surface area contributed by atoms with Crippen LogP contribution < -0.4 is 26.4 Å². The van der Waals surface area contributed by atoms with Gasteiger partial charge >= 0.3 is 11.9 Å². The third-order valence-corrected chi connectivity index (χ3v) is 8.32. The molecule has 272 valence electrons. The molecule has 1 aromatic carbocycles. The molecule has 1 fully saturated rings. The Morgan fingerprint density at radius 1 is 1.08 bits per heavy atom. The molecule has 0 aromatic heterocycles. The smallest absolute Gasteiger partial charge is 0.328 e. The van der Waals surface area contributed by atoms with Crippen molar-refractivity contribution in [3.8, 4) is 5.75 Å². The Kier molecular flexibility index (Phi) is 17.6. The second-order valence-electron chi connectivity index (χ2n) is 13.7. The lowest BCUT2D eigenvalue weighted by atomic mass is 9.86. The van der Waals surface area contributed by atoms with Crippen molar-refractivity contribution in [1.82, 2.24) is 10.2 Å². The van der Waals surface area contributed by atoms with Gasteiger partial charge in [0.1, 0.15) is 5.75 Å². The van der Waals surface area contributed by atoms with Crippen LogP contribution in [-0.4, -0.2) is 115 Å². The molecule has 8 N–H and O–H groups in total. The maximum atomic E-state index is 12.9. The van der Waals surface area contributed by atoms with Gasteiger partial charge in [0.25, 0.3) is 0 Å². The molecule has 1 aliphatic rings. The second-order valence-corrected chi connectivity index (χ2v) is 13.7. The number of hydrogen-bond donors (Lipinski definition) is 6. The minimum Gasteiger partial charge on any atom is -0.493 e. The summed E-state index contributed by atoms with van der Waals surface area (Å²) in [5.41, 5.74) is 12.0. The van der Waals surface area contributed by atoms with E-state index in [1.165, 1.54) is 0 Å². The average molecular weight is 680 g/mol. The van der Waals surface area contributed by atoms with E-state index in [0.717, 1.165) is 37.5 Å². The molecule has 14 heteroatoms. The Balaban J connectivity index is 0.00000127. The van der Waals surface area contributed by atoms with Crippen LogP contribution in [0.15, 0.2) is 36.4 Å². The predicted molar refractivity (Wildman–Crippen MR) is 184 cm³/mol. The first kappa shape index (κ1) is 42.3. The van der Waals surface area contributed by atoms with E-state index in [1.54, 1.807) is 21.0 Å². The zero-order valence-corrected chi connectivity index (χ0v) is 29.5. The largest absolute Gasteiger partial charge is 0.493 e. The highest BCUT2D eigenvalue weighted by molar-refractivity contribution is 5.89. The normalized spacial score (nSPS) is 16.8. The van der Waals surface area contributed by atoms with Gasteiger partial charge in [0.05, 0.1) is 18.1 Å². The van der Waals surface area contributed by atoms with Gasteiger partial charge in [-0.2, -0.15) is 0 Å². The van der Waals surface area contributed by atoms with Crippen molar-refractivity contribution in [2.75, 3.05) is 57.9 Å². The van der Waals surface area contributed by atoms with E-state index in [1.807, 2.05) is 26.0 Å². The number of carboxylic acids is 2. The molecule has 0 unspecified atom stereocenters. The zero-order chi connectivity index (χ0) is 36.7. The fourth-order valence-corrected chi connectivity index (χ4v) is 5.07. The van der Waals surface area contributed by atoms with Crippen LogP contribution in [0.3, 0.4) is 0 Å². The summed E-state index contributed by atoms with van der Waals surface area (Å²) >= 11 is 0. The number of aliphatic hydroxyl groups is 1. The van der Waals surface area contributed by atoms with Crippen LogP contribution in [-0.2, 0) is 23.9 Å². The minimum absolute atomic E-state index is 0.00162. The second kappa shape index (κ2) is 19.9. The fourth-order valence-electron chi connectivity index (χ4n) is 5.07. The number of hydrogen-bond acceptors (Lipinski definition) is 10. The van der Waals surface area contributed by atoms with E-state index in [-0.39, 0.29) is 30.3 Å². The number of rotatable bonds is 18. The Bertz CT molecular complexity index is 1210. The number of nitrogens with zero attached hydrogens (tertiary/aromatic N) is 2. The molecule has 14 nitrogen and oxygen atoms in total. The lowest BCUT2D eigenvalue weighted by molar-refractivity contribution is -0.134. The third kappa shape index (κ3) is 15.0. The van der Waals surface area contributed by atoms with Gasteiger partial charge in [0, 0.05) is 94.3 Å². The van der Waals surface area contributed by atoms with Gasteiger partial charge in [-0.15, -0.1) is 0 Å². The van der Waals surface area contributed by atoms with Gasteiger partial charge in [0.15, 0.2) is 0 Å². The van der Waals surface area contributed by atoms with Gasteiger partial charge in [-0.1, -0.05) is 19.9 Å². The van der Waals surface area contributed by atoms with Gasteiger partial charge < -0.3 is 46.5 Å². The molecule has 0 radical (unpaired) electrons. The van der Waals surface area contributed by atoms with E-state index < -0.39 is 41.3 Å². The highest BCUT2D eigenvalue weighted by atomic mass is 16.5. The standard InChI is InChI=1S/C30H53N5O5.C4H4O4/c1-21(2)24(27(37)33-19-29(3,4)28(32)38)17-26(36)25(31)18-35-13-12-34(20-30(35,5)6)22-10-8-11-23(16-22)40-15-9-14-39-7;5-3(6)1-2-4(7)8/h8,10-11,16,21,24-26,36H,9,12-15,17-20,31H2,1-7H3,(H2,32,38)(H,33,37);1-2H,(H,5,6)(H,7,8)/b;2-1+/t24-,25-,26-;/m0./s1. The highest BCUT2D eigenvalue weighted by Gasteiger charge is 2.37. The summed E-state index contributed by atoms with van der Waals surface area (Å²) in [5, 5.41) is 29.5. The molecule has 0 saturated carbocycles. The summed E-state index contributed by atoms with van der Waals surface area (Å²) in [5.74, 6) is -2.77. The molecule has 1 aromatic rings. The van der Waals surface area contributed by atoms with Gasteiger partial charge in [-0.25, -0.2) is 9.59 Å². The number of carbonyl (C=O) groups is 4. The Hall–Kier alpha value is -3.72. The van der Waals surface area contributed by atoms with E-state index in [4.69, 9.17) is 31.2 Å². The van der Waals surface area contributed by atoms with Crippen molar-refractivity contribution in [2.24, 2.45) is 28.7 Å². The molecule has 1 heterocycles. The van der Waals surface area contributed by atoms with Crippen molar-refractivity contribution in [3.05, 3.63) is 36.4 Å². The number of carbonyl (C=O) groups excluding carboxylic acids is 2. The molecule has 0 aliphatic carbocycles. The summed E-state index contributed by atoms with van der Waals surface area (Å²) in [4.78, 5) is 48.3. The zero-order valence-electron chi connectivity index (χ0n) is 29.5. The molecule has 48 heavy (non-hydrogen) atoms. The van der Waals surface area contributed by atoms with Gasteiger partial charge in [0.2, 0.25) is 11.8 Å². The minimum atomic E-state index is -1.26. The van der Waals surface area contributed by atoms with E-state index in [0.29, 0.717) is 31.9 Å². The number of carboxylic acid groups (broad SMARTS) is 2. The quantitative estimate of drug-likeness (QED) is 0.0965. The molecular weight excluding hydrogens is 622 g/mol. The summed E-state index contributed by atoms with van der Waals surface area (Å²) < 4.78 is 11.0. The molecule has 3 atom stereocenters. The van der Waals surface area contributed by atoms with Crippen molar-refractivity contribution in [3.63, 3.8) is 0 Å². The van der Waals surface area contributed by atoms with Crippen LogP contribution in [0.5, 0.6) is 5.75 Å². The van der Waals surface area contributed by atoms with Crippen LogP contribution in [0, 0.1) is 17.3 Å². The number of benzene rings is 1. The first-order valence-corrected chi connectivity index (χ1v) is 16.2. The SMILES string of the molecule is COCCCOc1cccc(N2CCN(C[C@H](N)[C@@H](O)C[C@H](C(=O)NCC(C)(C)C(N)=O)C(C)C)C(C)(C)C2)c1.O=C(O)/C=C/C(=O)O. The lowest BCUT2D eigenvalue weighted by Gasteiger charge is -2.49. The number of ether oxygens (including phenoxy) is 2. The summed E-state index contributed by atoms with van der Waals surface area (Å²) in [7, 11) is 1.69. The maximum absolute atomic E-state index is 12.9. The number of methoxy groups -OCH3 is 1. The third-order valence-electron chi connectivity index (χ3n) is 8.32. The molecule has 1 aliphatic heterocycles. The predicted octanol–water partition coefficient (Wildman–Crippen LogP) is 1.69. The fraction of sp³-hybridized carbons (Fsp3) is 0.647. The van der Waals surface area contributed by atoms with E-state index in [2.05, 4.69) is 41.1 Å². The summed E-state index contributed by atoms with van der Waals surface area (Å²) in [6.07, 6.45) is 1.36. The Morgan fingerprint density at radius 3 is 2.23 bits per heavy atom. The molecule has 1 saturated heterocycles. The average Bonchev–Trinajstić information content (AvgIpc) is 3.00. The molecule has 2 rings (SSSR count). The van der Waals surface area contributed by atoms with E-state index in [9.17, 15) is 24.3 Å². The lowest BCUT2D eigenvalue weighted by Crippen LogP contribution is -2.62. The van der Waals surface area contributed by atoms with Crippen LogP contribution in [0.25, 0.3) is 0 Å². The molecular formula is C34H57N5O9. The number of piperazine rings is 1. The number of anilines is 1. The number of nitrogens with one attached hydrogen (secondary N) is 1. The van der Waals surface area contributed by atoms with Crippen molar-refractivity contribution >= 4 is 29.4 Å². The molecule has 2 amide bonds. The number of primary amides is 1. The van der Waals surface area contributed by atoms with Gasteiger partial charge in [-0.05, 0) is 52.2 Å². The van der Waals surface area contributed by atoms with Crippen LogP contribution in [0.4, 0.5) is 5.69 Å². The van der Waals surface area contributed by atoms with E-state index >= 15 is 0 Å². The Morgan fingerprint density at radius 2 is 1.71 bits per heavy atom. The number of amides is 2. The van der Waals surface area contributed by atoms with Crippen molar-refractivity contribution < 1.29 is 44.0 Å². The van der Waals surface area contributed by atoms with Crippen LogP contribution in [0.2, 0.25) is 0 Å². The molecule has 0 spiro atoms. The number of aliphatic carboxylic acids is 2. The summed E-state index contributed by atoms with van der Waals surface area (Å²) in [6, 6.07) is 7.66.